The highest BCUT2D eigenvalue weighted by molar-refractivity contribution is 7.99. The molecule has 3 nitrogen and oxygen atoms in total. The molecule has 0 heterocycles. The lowest BCUT2D eigenvalue weighted by atomic mass is 10.4. The maximum Gasteiger partial charge on any atom is 0.188 e. The topological polar surface area (TPSA) is 50.4 Å². The summed E-state index contributed by atoms with van der Waals surface area (Å²) in [6, 6.07) is 7.79. The number of halogens is 1. The van der Waals surface area contributed by atoms with E-state index in [4.69, 9.17) is 17.3 Å². The number of aliphatic imine (C=N–C) groups is 1. The first-order chi connectivity index (χ1) is 8.58. The summed E-state index contributed by atoms with van der Waals surface area (Å²) < 4.78 is 0. The second-order valence-corrected chi connectivity index (χ2v) is 5.49. The third-order valence-corrected chi connectivity index (χ3v) is 3.28. The van der Waals surface area contributed by atoms with Crippen LogP contribution in [0.4, 0.5) is 0 Å². The summed E-state index contributed by atoms with van der Waals surface area (Å²) in [6.07, 6.45) is 0. The molecule has 0 aliphatic rings. The average Bonchev–Trinajstić information content (AvgIpc) is 2.34. The van der Waals surface area contributed by atoms with Crippen molar-refractivity contribution in [1.29, 1.82) is 0 Å². The molecule has 0 spiro atoms. The summed E-state index contributed by atoms with van der Waals surface area (Å²) in [4.78, 5) is 5.33. The molecular formula is C13H18ClN3S. The van der Waals surface area contributed by atoms with Crippen LogP contribution in [0.2, 0.25) is 5.02 Å². The van der Waals surface area contributed by atoms with Crippen LogP contribution in [0.3, 0.4) is 0 Å². The van der Waals surface area contributed by atoms with E-state index in [1.807, 2.05) is 31.2 Å². The predicted octanol–water partition coefficient (Wildman–Crippen LogP) is 2.91. The van der Waals surface area contributed by atoms with Gasteiger partial charge in [0, 0.05) is 22.2 Å². The molecule has 1 aromatic carbocycles. The van der Waals surface area contributed by atoms with Crippen LogP contribution in [0.1, 0.15) is 6.92 Å². The largest absolute Gasteiger partial charge is 0.370 e. The highest BCUT2D eigenvalue weighted by Crippen LogP contribution is 2.19. The quantitative estimate of drug-likeness (QED) is 0.277. The second kappa shape index (κ2) is 8.06. The zero-order valence-electron chi connectivity index (χ0n) is 10.4. The van der Waals surface area contributed by atoms with E-state index >= 15 is 0 Å². The standard InChI is InChI=1S/C13H18ClN3S/c1-10(2)9-17-13(15)16-7-8-18-12-5-3-11(14)4-6-12/h3-6H,1,7-9H2,2H3,(H3,15,16,17). The van der Waals surface area contributed by atoms with Gasteiger partial charge in [0.1, 0.15) is 0 Å². The summed E-state index contributed by atoms with van der Waals surface area (Å²) >= 11 is 7.56. The number of rotatable bonds is 6. The molecule has 0 atom stereocenters. The van der Waals surface area contributed by atoms with Gasteiger partial charge < -0.3 is 11.1 Å². The van der Waals surface area contributed by atoms with Gasteiger partial charge in [-0.05, 0) is 31.2 Å². The van der Waals surface area contributed by atoms with Crippen LogP contribution in [-0.2, 0) is 0 Å². The maximum atomic E-state index is 5.81. The lowest BCUT2D eigenvalue weighted by molar-refractivity contribution is 0.946. The summed E-state index contributed by atoms with van der Waals surface area (Å²) in [7, 11) is 0. The first-order valence-corrected chi connectivity index (χ1v) is 7.01. The Morgan fingerprint density at radius 2 is 2.11 bits per heavy atom. The Kier molecular flexibility index (Phi) is 6.68. The van der Waals surface area contributed by atoms with E-state index in [2.05, 4.69) is 16.9 Å². The molecule has 3 N–H and O–H groups in total. The van der Waals surface area contributed by atoms with Crippen molar-refractivity contribution >= 4 is 29.3 Å². The van der Waals surface area contributed by atoms with Crippen LogP contribution in [0.5, 0.6) is 0 Å². The summed E-state index contributed by atoms with van der Waals surface area (Å²) in [5.41, 5.74) is 6.69. The number of thioether (sulfide) groups is 1. The second-order valence-electron chi connectivity index (χ2n) is 3.89. The molecule has 1 rings (SSSR count). The Labute approximate surface area is 118 Å². The van der Waals surface area contributed by atoms with Crippen LogP contribution >= 0.6 is 23.4 Å². The van der Waals surface area contributed by atoms with Crippen LogP contribution in [0.25, 0.3) is 0 Å². The average molecular weight is 284 g/mol. The number of nitrogens with two attached hydrogens (primary N) is 1. The van der Waals surface area contributed by atoms with E-state index in [0.717, 1.165) is 22.9 Å². The van der Waals surface area contributed by atoms with Gasteiger partial charge in [0.05, 0.1) is 6.54 Å². The molecule has 0 saturated carbocycles. The molecule has 0 saturated heterocycles. The van der Waals surface area contributed by atoms with E-state index in [-0.39, 0.29) is 0 Å². The molecule has 18 heavy (non-hydrogen) atoms. The Morgan fingerprint density at radius 1 is 1.44 bits per heavy atom. The molecule has 5 heteroatoms. The van der Waals surface area contributed by atoms with Crippen LogP contribution in [0.15, 0.2) is 46.3 Å². The number of guanidine groups is 1. The fourth-order valence-corrected chi connectivity index (χ4v) is 2.05. The molecule has 0 radical (unpaired) electrons. The minimum Gasteiger partial charge on any atom is -0.370 e. The molecular weight excluding hydrogens is 266 g/mol. The molecule has 0 aliphatic carbocycles. The van der Waals surface area contributed by atoms with E-state index in [9.17, 15) is 0 Å². The van der Waals surface area contributed by atoms with Crippen molar-refractivity contribution in [3.05, 3.63) is 41.4 Å². The molecule has 0 aliphatic heterocycles. The fourth-order valence-electron chi connectivity index (χ4n) is 1.15. The van der Waals surface area contributed by atoms with Crippen molar-refractivity contribution in [1.82, 2.24) is 5.32 Å². The van der Waals surface area contributed by atoms with Crippen LogP contribution in [0, 0.1) is 0 Å². The molecule has 0 fully saturated rings. The number of benzene rings is 1. The number of hydrogen-bond donors (Lipinski definition) is 2. The Morgan fingerprint density at radius 3 is 2.72 bits per heavy atom. The van der Waals surface area contributed by atoms with Crippen molar-refractivity contribution in [2.24, 2.45) is 10.7 Å². The number of nitrogens with zero attached hydrogens (tertiary/aromatic N) is 1. The lowest BCUT2D eigenvalue weighted by Crippen LogP contribution is -2.33. The minimum atomic E-state index is 0.467. The molecule has 0 unspecified atom stereocenters. The Bertz CT molecular complexity index is 415. The van der Waals surface area contributed by atoms with Crippen molar-refractivity contribution in [2.75, 3.05) is 18.8 Å². The Hall–Kier alpha value is -1.13. The van der Waals surface area contributed by atoms with Gasteiger partial charge in [0.15, 0.2) is 5.96 Å². The van der Waals surface area contributed by atoms with Crippen molar-refractivity contribution < 1.29 is 0 Å². The maximum absolute atomic E-state index is 5.81. The number of nitrogens with one attached hydrogen (secondary N) is 1. The molecule has 0 amide bonds. The lowest BCUT2D eigenvalue weighted by Gasteiger charge is -2.05. The van der Waals surface area contributed by atoms with Gasteiger partial charge >= 0.3 is 0 Å². The van der Waals surface area contributed by atoms with E-state index < -0.39 is 0 Å². The fraction of sp³-hybridized carbons (Fsp3) is 0.308. The van der Waals surface area contributed by atoms with Crippen molar-refractivity contribution in [3.8, 4) is 0 Å². The van der Waals surface area contributed by atoms with Gasteiger partial charge in [-0.25, -0.2) is 4.99 Å². The van der Waals surface area contributed by atoms with Crippen LogP contribution < -0.4 is 11.1 Å². The van der Waals surface area contributed by atoms with Gasteiger partial charge in [-0.2, -0.15) is 0 Å². The first-order valence-electron chi connectivity index (χ1n) is 5.64. The van der Waals surface area contributed by atoms with Gasteiger partial charge in [0.25, 0.3) is 0 Å². The van der Waals surface area contributed by atoms with E-state index in [1.54, 1.807) is 11.8 Å². The zero-order valence-corrected chi connectivity index (χ0v) is 12.0. The third kappa shape index (κ3) is 6.57. The van der Waals surface area contributed by atoms with Gasteiger partial charge in [0.2, 0.25) is 0 Å². The van der Waals surface area contributed by atoms with Crippen molar-refractivity contribution in [2.45, 2.75) is 11.8 Å². The highest BCUT2D eigenvalue weighted by atomic mass is 35.5. The van der Waals surface area contributed by atoms with Crippen LogP contribution in [-0.4, -0.2) is 24.8 Å². The van der Waals surface area contributed by atoms with Gasteiger partial charge in [-0.1, -0.05) is 23.8 Å². The third-order valence-electron chi connectivity index (χ3n) is 2.01. The predicted molar refractivity (Wildman–Crippen MR) is 81.5 cm³/mol. The zero-order chi connectivity index (χ0) is 13.4. The molecule has 1 aromatic rings. The van der Waals surface area contributed by atoms with E-state index in [0.29, 0.717) is 12.5 Å². The highest BCUT2D eigenvalue weighted by Gasteiger charge is 1.95. The summed E-state index contributed by atoms with van der Waals surface area (Å²) in [5.74, 6) is 1.39. The smallest absolute Gasteiger partial charge is 0.188 e. The normalized spacial score (nSPS) is 11.3. The van der Waals surface area contributed by atoms with E-state index in [1.165, 1.54) is 4.90 Å². The van der Waals surface area contributed by atoms with Gasteiger partial charge in [-0.15, -0.1) is 11.8 Å². The Balaban J connectivity index is 2.20. The SMILES string of the molecule is C=C(C)CN=C(N)NCCSc1ccc(Cl)cc1. The number of hydrogen-bond acceptors (Lipinski definition) is 2. The summed E-state index contributed by atoms with van der Waals surface area (Å²) in [6.45, 7) is 7.04. The molecule has 0 aromatic heterocycles. The molecule has 0 bridgehead atoms. The summed E-state index contributed by atoms with van der Waals surface area (Å²) in [5, 5.41) is 3.82. The minimum absolute atomic E-state index is 0.467. The van der Waals surface area contributed by atoms with Gasteiger partial charge in [-0.3, -0.25) is 0 Å². The first kappa shape index (κ1) is 14.9. The monoisotopic (exact) mass is 283 g/mol. The molecule has 98 valence electrons. The van der Waals surface area contributed by atoms with Crippen molar-refractivity contribution in [3.63, 3.8) is 0 Å².